The van der Waals surface area contributed by atoms with Crippen LogP contribution >= 0.6 is 0 Å². The van der Waals surface area contributed by atoms with Crippen LogP contribution in [0.2, 0.25) is 0 Å². The first-order valence-electron chi connectivity index (χ1n) is 7.87. The van der Waals surface area contributed by atoms with Gasteiger partial charge in [0.2, 0.25) is 0 Å². The maximum atomic E-state index is 12.8. The lowest BCUT2D eigenvalue weighted by molar-refractivity contribution is 0.225. The molecule has 0 amide bonds. The van der Waals surface area contributed by atoms with Crippen LogP contribution in [0, 0.1) is 12.3 Å². The van der Waals surface area contributed by atoms with Crippen LogP contribution in [-0.4, -0.2) is 55.3 Å². The Morgan fingerprint density at radius 1 is 1.43 bits per heavy atom. The van der Waals surface area contributed by atoms with Crippen LogP contribution in [0.15, 0.2) is 0 Å². The summed E-state index contributed by atoms with van der Waals surface area (Å²) < 4.78 is 28.8. The van der Waals surface area contributed by atoms with Crippen LogP contribution in [-0.2, 0) is 10.2 Å². The average molecular weight is 315 g/mol. The zero-order valence-corrected chi connectivity index (χ0v) is 14.3. The first kappa shape index (κ1) is 18.4. The number of hydrogen-bond donors (Lipinski definition) is 1. The molecule has 1 rings (SSSR count). The third kappa shape index (κ3) is 5.26. The summed E-state index contributed by atoms with van der Waals surface area (Å²) in [7, 11) is -3.46. The molecule has 0 aliphatic carbocycles. The quantitative estimate of drug-likeness (QED) is 0.690. The van der Waals surface area contributed by atoms with Gasteiger partial charge in [0.25, 0.3) is 10.2 Å². The van der Waals surface area contributed by atoms with Crippen molar-refractivity contribution < 1.29 is 8.42 Å². The average Bonchev–Trinajstić information content (AvgIpc) is 2.45. The highest BCUT2D eigenvalue weighted by atomic mass is 32.2. The number of piperidine rings is 1. The van der Waals surface area contributed by atoms with Gasteiger partial charge in [-0.25, -0.2) is 0 Å². The van der Waals surface area contributed by atoms with Gasteiger partial charge in [-0.3, -0.25) is 0 Å². The van der Waals surface area contributed by atoms with Crippen molar-refractivity contribution in [1.29, 1.82) is 0 Å². The molecule has 0 saturated carbocycles. The molecule has 1 heterocycles. The molecule has 1 fully saturated rings. The van der Waals surface area contributed by atoms with Crippen molar-refractivity contribution in [3.63, 3.8) is 0 Å². The van der Waals surface area contributed by atoms with Crippen molar-refractivity contribution in [2.75, 3.05) is 26.2 Å². The lowest BCUT2D eigenvalue weighted by atomic mass is 10.0. The fourth-order valence-corrected chi connectivity index (χ4v) is 4.49. The summed E-state index contributed by atoms with van der Waals surface area (Å²) in [5.74, 6) is 2.47. The highest BCUT2D eigenvalue weighted by Gasteiger charge is 2.35. The van der Waals surface area contributed by atoms with Crippen molar-refractivity contribution in [2.45, 2.75) is 58.5 Å². The minimum absolute atomic E-state index is 0.0308. The molecule has 1 aliphatic rings. The summed E-state index contributed by atoms with van der Waals surface area (Å²) in [5.41, 5.74) is 0. The minimum Gasteiger partial charge on any atom is -0.313 e. The van der Waals surface area contributed by atoms with Gasteiger partial charge in [-0.1, -0.05) is 33.1 Å². The molecule has 1 unspecified atom stereocenters. The zero-order chi connectivity index (χ0) is 15.9. The molecule has 1 aliphatic heterocycles. The van der Waals surface area contributed by atoms with Crippen molar-refractivity contribution in [3.8, 4) is 12.3 Å². The van der Waals surface area contributed by atoms with E-state index in [1.807, 2.05) is 6.92 Å². The van der Waals surface area contributed by atoms with E-state index in [9.17, 15) is 8.42 Å². The predicted molar refractivity (Wildman–Crippen MR) is 87.1 cm³/mol. The Hall–Kier alpha value is -0.610. The number of hydrogen-bond acceptors (Lipinski definition) is 3. The molecular formula is C15H29N3O2S. The van der Waals surface area contributed by atoms with Gasteiger partial charge in [-0.15, -0.1) is 6.42 Å². The highest BCUT2D eigenvalue weighted by Crippen LogP contribution is 2.22. The minimum atomic E-state index is -3.46. The Morgan fingerprint density at radius 3 is 2.71 bits per heavy atom. The SMILES string of the molecule is C#CCN(CCC)S(=O)(=O)N1CCCCC1CNC(C)C. The van der Waals surface area contributed by atoms with Gasteiger partial charge in [0.15, 0.2) is 0 Å². The molecule has 0 bridgehead atoms. The molecule has 0 aromatic rings. The van der Waals surface area contributed by atoms with E-state index >= 15 is 0 Å². The Balaban J connectivity index is 2.87. The second-order valence-corrected chi connectivity index (χ2v) is 7.75. The van der Waals surface area contributed by atoms with Crippen LogP contribution in [0.5, 0.6) is 0 Å². The maximum absolute atomic E-state index is 12.8. The van der Waals surface area contributed by atoms with E-state index in [2.05, 4.69) is 25.1 Å². The standard InChI is InChI=1S/C15H29N3O2S/c1-5-10-17(11-6-2)21(19,20)18-12-8-7-9-15(18)13-16-14(3)4/h1,14-16H,6-13H2,2-4H3. The first-order valence-corrected chi connectivity index (χ1v) is 9.27. The first-order chi connectivity index (χ1) is 9.93. The molecule has 6 heteroatoms. The van der Waals surface area contributed by atoms with Crippen molar-refractivity contribution in [3.05, 3.63) is 0 Å². The molecule has 5 nitrogen and oxygen atoms in total. The zero-order valence-electron chi connectivity index (χ0n) is 13.5. The summed E-state index contributed by atoms with van der Waals surface area (Å²) in [6.07, 6.45) is 9.02. The van der Waals surface area contributed by atoms with Gasteiger partial charge < -0.3 is 5.32 Å². The molecule has 1 atom stereocenters. The van der Waals surface area contributed by atoms with Crippen molar-refractivity contribution >= 4 is 10.2 Å². The van der Waals surface area contributed by atoms with Crippen LogP contribution in [0.4, 0.5) is 0 Å². The highest BCUT2D eigenvalue weighted by molar-refractivity contribution is 7.86. The molecule has 1 N–H and O–H groups in total. The number of nitrogens with one attached hydrogen (secondary N) is 1. The second kappa shape index (κ2) is 8.74. The summed E-state index contributed by atoms with van der Waals surface area (Å²) in [6, 6.07) is 0.386. The Kier molecular flexibility index (Phi) is 7.67. The van der Waals surface area contributed by atoms with Crippen LogP contribution in [0.25, 0.3) is 0 Å². The van der Waals surface area contributed by atoms with Gasteiger partial charge >= 0.3 is 0 Å². The van der Waals surface area contributed by atoms with Crippen molar-refractivity contribution in [1.82, 2.24) is 13.9 Å². The summed E-state index contributed by atoms with van der Waals surface area (Å²) in [5, 5.41) is 3.36. The van der Waals surface area contributed by atoms with Gasteiger partial charge in [0.05, 0.1) is 6.54 Å². The number of nitrogens with zero attached hydrogens (tertiary/aromatic N) is 2. The molecule has 0 radical (unpaired) electrons. The van der Waals surface area contributed by atoms with E-state index in [1.165, 1.54) is 4.31 Å². The molecule has 0 spiro atoms. The summed E-state index contributed by atoms with van der Waals surface area (Å²) >= 11 is 0. The van der Waals surface area contributed by atoms with Crippen LogP contribution in [0.3, 0.4) is 0 Å². The second-order valence-electron chi connectivity index (χ2n) is 5.87. The van der Waals surface area contributed by atoms with E-state index in [0.29, 0.717) is 25.7 Å². The summed E-state index contributed by atoms with van der Waals surface area (Å²) in [6.45, 7) is 8.04. The van der Waals surface area contributed by atoms with Crippen LogP contribution < -0.4 is 5.32 Å². The van der Waals surface area contributed by atoms with Gasteiger partial charge in [-0.2, -0.15) is 17.0 Å². The Morgan fingerprint density at radius 2 is 2.14 bits per heavy atom. The predicted octanol–water partition coefficient (Wildman–Crippen LogP) is 1.43. The molecule has 0 aromatic heterocycles. The van der Waals surface area contributed by atoms with E-state index in [-0.39, 0.29) is 12.6 Å². The fraction of sp³-hybridized carbons (Fsp3) is 0.867. The van der Waals surface area contributed by atoms with Crippen molar-refractivity contribution in [2.24, 2.45) is 0 Å². The van der Waals surface area contributed by atoms with E-state index in [1.54, 1.807) is 4.31 Å². The Bertz CT molecular complexity index is 442. The molecule has 122 valence electrons. The molecule has 21 heavy (non-hydrogen) atoms. The van der Waals surface area contributed by atoms with E-state index in [0.717, 1.165) is 25.7 Å². The fourth-order valence-electron chi connectivity index (χ4n) is 2.63. The molecule has 0 aromatic carbocycles. The largest absolute Gasteiger partial charge is 0.313 e. The number of terminal acetylenes is 1. The monoisotopic (exact) mass is 315 g/mol. The smallest absolute Gasteiger partial charge is 0.283 e. The third-order valence-electron chi connectivity index (χ3n) is 3.70. The lowest BCUT2D eigenvalue weighted by Gasteiger charge is -2.38. The van der Waals surface area contributed by atoms with Gasteiger partial charge in [-0.05, 0) is 19.3 Å². The van der Waals surface area contributed by atoms with E-state index < -0.39 is 10.2 Å². The van der Waals surface area contributed by atoms with Crippen LogP contribution in [0.1, 0.15) is 46.5 Å². The maximum Gasteiger partial charge on any atom is 0.283 e. The third-order valence-corrected chi connectivity index (χ3v) is 5.74. The molecule has 1 saturated heterocycles. The Labute approximate surface area is 130 Å². The topological polar surface area (TPSA) is 52.7 Å². The molecular weight excluding hydrogens is 286 g/mol. The number of rotatable bonds is 8. The van der Waals surface area contributed by atoms with Gasteiger partial charge in [0.1, 0.15) is 0 Å². The normalized spacial score (nSPS) is 20.9. The van der Waals surface area contributed by atoms with E-state index in [4.69, 9.17) is 6.42 Å². The lowest BCUT2D eigenvalue weighted by Crippen LogP contribution is -2.54. The summed E-state index contributed by atoms with van der Waals surface area (Å²) in [4.78, 5) is 0. The van der Waals surface area contributed by atoms with Gasteiger partial charge in [0, 0.05) is 31.7 Å².